The Morgan fingerprint density at radius 2 is 2.13 bits per heavy atom. The minimum absolute atomic E-state index is 0.186. The first-order valence-electron chi connectivity index (χ1n) is 5.30. The van der Waals surface area contributed by atoms with Gasteiger partial charge >= 0.3 is 6.03 Å². The van der Waals surface area contributed by atoms with Gasteiger partial charge in [-0.1, -0.05) is 6.58 Å². The molecule has 1 fully saturated rings. The van der Waals surface area contributed by atoms with Crippen LogP contribution in [0.4, 0.5) is 4.79 Å². The Morgan fingerprint density at radius 3 is 2.73 bits per heavy atom. The fraction of sp³-hybridized carbons (Fsp3) is 0.667. The second kappa shape index (κ2) is 6.47. The van der Waals surface area contributed by atoms with E-state index in [9.17, 15) is 4.79 Å². The van der Waals surface area contributed by atoms with Crippen molar-refractivity contribution in [1.29, 1.82) is 0 Å². The minimum atomic E-state index is -0.186. The van der Waals surface area contributed by atoms with Crippen LogP contribution in [0.25, 0.3) is 0 Å². The van der Waals surface area contributed by atoms with Gasteiger partial charge in [-0.2, -0.15) is 0 Å². The highest BCUT2D eigenvalue weighted by molar-refractivity contribution is 6.08. The van der Waals surface area contributed by atoms with Crippen LogP contribution in [0.5, 0.6) is 0 Å². The Hall–Kier alpha value is -1.01. The van der Waals surface area contributed by atoms with Gasteiger partial charge in [-0.3, -0.25) is 5.32 Å². The first-order chi connectivity index (χ1) is 7.22. The number of urea groups is 1. The molecule has 0 atom stereocenters. The van der Waals surface area contributed by atoms with Gasteiger partial charge in [-0.05, 0) is 19.0 Å². The van der Waals surface area contributed by atoms with Crippen molar-refractivity contribution in [1.82, 2.24) is 16.0 Å². The zero-order chi connectivity index (χ0) is 11.1. The van der Waals surface area contributed by atoms with Crippen LogP contribution in [-0.2, 0) is 4.74 Å². The van der Waals surface area contributed by atoms with Crippen LogP contribution in [0, 0.1) is 0 Å². The standard InChI is InChI=1S/C9H19N3O2Si/c1-7(10-6-15)11-9(13)12-8-2-4-14-5-3-8/h8,10H,1-6H2,15H3,(H2,11,12,13). The molecule has 3 N–H and O–H groups in total. The van der Waals surface area contributed by atoms with Gasteiger partial charge in [0.05, 0.1) is 5.82 Å². The van der Waals surface area contributed by atoms with Crippen LogP contribution in [0.1, 0.15) is 12.8 Å². The van der Waals surface area contributed by atoms with Crippen LogP contribution in [-0.4, -0.2) is 41.7 Å². The molecular weight excluding hydrogens is 210 g/mol. The molecule has 1 aliphatic rings. The first-order valence-corrected chi connectivity index (χ1v) is 6.72. The Labute approximate surface area is 93.1 Å². The lowest BCUT2D eigenvalue weighted by Gasteiger charge is -2.23. The van der Waals surface area contributed by atoms with E-state index in [2.05, 4.69) is 22.5 Å². The van der Waals surface area contributed by atoms with Crippen molar-refractivity contribution in [3.63, 3.8) is 0 Å². The molecule has 0 saturated carbocycles. The molecule has 1 saturated heterocycles. The van der Waals surface area contributed by atoms with Gasteiger partial charge in [0.2, 0.25) is 0 Å². The maximum atomic E-state index is 11.4. The summed E-state index contributed by atoms with van der Waals surface area (Å²) in [5.74, 6) is 0.564. The molecule has 5 nitrogen and oxygen atoms in total. The number of hydrogen-bond donors (Lipinski definition) is 3. The van der Waals surface area contributed by atoms with Crippen LogP contribution >= 0.6 is 0 Å². The van der Waals surface area contributed by atoms with Crippen LogP contribution in [0.3, 0.4) is 0 Å². The monoisotopic (exact) mass is 229 g/mol. The summed E-state index contributed by atoms with van der Waals surface area (Å²) in [7, 11) is 1.04. The lowest BCUT2D eigenvalue weighted by molar-refractivity contribution is 0.0802. The highest BCUT2D eigenvalue weighted by Gasteiger charge is 2.15. The van der Waals surface area contributed by atoms with Crippen molar-refractivity contribution in [2.75, 3.05) is 19.4 Å². The number of nitrogens with one attached hydrogen (secondary N) is 3. The van der Waals surface area contributed by atoms with E-state index >= 15 is 0 Å². The van der Waals surface area contributed by atoms with Crippen molar-refractivity contribution >= 4 is 16.3 Å². The van der Waals surface area contributed by atoms with E-state index in [1.165, 1.54) is 0 Å². The van der Waals surface area contributed by atoms with E-state index in [0.717, 1.165) is 42.5 Å². The van der Waals surface area contributed by atoms with E-state index in [1.54, 1.807) is 0 Å². The fourth-order valence-electron chi connectivity index (χ4n) is 1.46. The minimum Gasteiger partial charge on any atom is -0.381 e. The van der Waals surface area contributed by atoms with Crippen LogP contribution in [0.15, 0.2) is 12.4 Å². The normalized spacial score (nSPS) is 17.1. The van der Waals surface area contributed by atoms with E-state index < -0.39 is 0 Å². The number of ether oxygens (including phenoxy) is 1. The van der Waals surface area contributed by atoms with E-state index in [-0.39, 0.29) is 12.1 Å². The van der Waals surface area contributed by atoms with Gasteiger partial charge in [0.25, 0.3) is 0 Å². The maximum absolute atomic E-state index is 11.4. The molecule has 1 rings (SSSR count). The smallest absolute Gasteiger partial charge is 0.320 e. The molecule has 0 aromatic heterocycles. The number of hydrogen-bond acceptors (Lipinski definition) is 3. The van der Waals surface area contributed by atoms with Gasteiger partial charge < -0.3 is 15.4 Å². The van der Waals surface area contributed by atoms with Crippen molar-refractivity contribution < 1.29 is 9.53 Å². The lowest BCUT2D eigenvalue weighted by Crippen LogP contribution is -2.45. The molecule has 1 heterocycles. The first kappa shape index (κ1) is 12.1. The molecule has 86 valence electrons. The van der Waals surface area contributed by atoms with Gasteiger partial charge in [0, 0.05) is 29.5 Å². The zero-order valence-electron chi connectivity index (χ0n) is 9.14. The quantitative estimate of drug-likeness (QED) is 0.533. The van der Waals surface area contributed by atoms with E-state index in [1.807, 2.05) is 0 Å². The maximum Gasteiger partial charge on any atom is 0.320 e. The average molecular weight is 229 g/mol. The second-order valence-electron chi connectivity index (χ2n) is 3.49. The molecule has 1 aliphatic heterocycles. The van der Waals surface area contributed by atoms with Crippen LogP contribution in [0.2, 0.25) is 0 Å². The summed E-state index contributed by atoms with van der Waals surface area (Å²) in [5, 5.41) is 8.53. The third kappa shape index (κ3) is 4.85. The summed E-state index contributed by atoms with van der Waals surface area (Å²) in [5.41, 5.74) is 0. The lowest BCUT2D eigenvalue weighted by atomic mass is 10.1. The topological polar surface area (TPSA) is 62.4 Å². The summed E-state index contributed by atoms with van der Waals surface area (Å²) in [6, 6.07) is 0.0390. The van der Waals surface area contributed by atoms with Crippen molar-refractivity contribution in [3.8, 4) is 0 Å². The molecule has 0 unspecified atom stereocenters. The van der Waals surface area contributed by atoms with E-state index in [4.69, 9.17) is 4.74 Å². The van der Waals surface area contributed by atoms with Crippen molar-refractivity contribution in [3.05, 3.63) is 12.4 Å². The fourth-order valence-corrected chi connectivity index (χ4v) is 1.88. The zero-order valence-corrected chi connectivity index (χ0v) is 11.1. The summed E-state index contributed by atoms with van der Waals surface area (Å²) < 4.78 is 5.20. The molecule has 0 radical (unpaired) electrons. The number of carbonyl (C=O) groups is 1. The van der Waals surface area contributed by atoms with Crippen molar-refractivity contribution in [2.24, 2.45) is 0 Å². The largest absolute Gasteiger partial charge is 0.381 e. The highest BCUT2D eigenvalue weighted by Crippen LogP contribution is 2.05. The molecule has 0 bridgehead atoms. The third-order valence-corrected chi connectivity index (χ3v) is 2.56. The summed E-state index contributed by atoms with van der Waals surface area (Å²) >= 11 is 0. The molecule has 2 amide bonds. The Balaban J connectivity index is 2.19. The number of amides is 2. The van der Waals surface area contributed by atoms with E-state index in [0.29, 0.717) is 5.82 Å². The predicted molar refractivity (Wildman–Crippen MR) is 62.6 cm³/mol. The molecule has 6 heteroatoms. The number of carbonyl (C=O) groups excluding carboxylic acids is 1. The van der Waals surface area contributed by atoms with Gasteiger partial charge in [0.1, 0.15) is 0 Å². The molecule has 0 aromatic rings. The Morgan fingerprint density at radius 1 is 1.47 bits per heavy atom. The molecule has 15 heavy (non-hydrogen) atoms. The highest BCUT2D eigenvalue weighted by atomic mass is 28.1. The molecular formula is C9H19N3O2Si. The molecule has 0 aliphatic carbocycles. The summed E-state index contributed by atoms with van der Waals surface area (Å²) in [6.07, 6.45) is 2.65. The Bertz CT molecular complexity index is 229. The summed E-state index contributed by atoms with van der Waals surface area (Å²) in [6.45, 7) is 5.15. The molecule has 0 aromatic carbocycles. The summed E-state index contributed by atoms with van der Waals surface area (Å²) in [4.78, 5) is 11.4. The van der Waals surface area contributed by atoms with Crippen LogP contribution < -0.4 is 16.0 Å². The van der Waals surface area contributed by atoms with Gasteiger partial charge in [-0.25, -0.2) is 4.79 Å². The van der Waals surface area contributed by atoms with Crippen molar-refractivity contribution in [2.45, 2.75) is 18.9 Å². The second-order valence-corrected chi connectivity index (χ2v) is 4.20. The van der Waals surface area contributed by atoms with Gasteiger partial charge in [0.15, 0.2) is 0 Å². The molecule has 0 spiro atoms. The number of rotatable bonds is 4. The Kier molecular flexibility index (Phi) is 5.20. The average Bonchev–Trinajstić information content (AvgIpc) is 2.19. The third-order valence-electron chi connectivity index (χ3n) is 2.21. The SMILES string of the molecule is C=C(NC[SiH3])NC(=O)NC1CCOCC1. The van der Waals surface area contributed by atoms with Gasteiger partial charge in [-0.15, -0.1) is 0 Å². The predicted octanol–water partition coefficient (Wildman–Crippen LogP) is -1.15.